The van der Waals surface area contributed by atoms with E-state index in [-0.39, 0.29) is 5.91 Å². The van der Waals surface area contributed by atoms with Crippen molar-refractivity contribution in [1.29, 1.82) is 0 Å². The molecule has 96 valence electrons. The highest BCUT2D eigenvalue weighted by Gasteiger charge is 2.01. The molecule has 2 rings (SSSR count). The van der Waals surface area contributed by atoms with Gasteiger partial charge in [-0.05, 0) is 45.8 Å². The van der Waals surface area contributed by atoms with Gasteiger partial charge in [0.15, 0.2) is 0 Å². The van der Waals surface area contributed by atoms with Crippen molar-refractivity contribution in [3.05, 3.63) is 69.7 Å². The van der Waals surface area contributed by atoms with Crippen LogP contribution in [0.15, 0.2) is 59.1 Å². The van der Waals surface area contributed by atoms with Crippen molar-refractivity contribution in [2.24, 2.45) is 0 Å². The molecule has 4 heteroatoms. The number of anilines is 1. The maximum atomic E-state index is 11.7. The van der Waals surface area contributed by atoms with Gasteiger partial charge in [0.2, 0.25) is 5.91 Å². The third-order valence-corrected chi connectivity index (χ3v) is 3.65. The highest BCUT2D eigenvalue weighted by Crippen LogP contribution is 2.25. The molecule has 2 aromatic carbocycles. The largest absolute Gasteiger partial charge is 0.322 e. The van der Waals surface area contributed by atoms with Crippen LogP contribution in [0.1, 0.15) is 5.56 Å². The Balaban J connectivity index is 2.01. The second-order valence-electron chi connectivity index (χ2n) is 3.86. The van der Waals surface area contributed by atoms with Gasteiger partial charge in [0.05, 0.1) is 5.02 Å². The van der Waals surface area contributed by atoms with Crippen molar-refractivity contribution in [1.82, 2.24) is 0 Å². The number of carbonyl (C=O) groups is 1. The molecular formula is C15H11BrClNO. The zero-order valence-corrected chi connectivity index (χ0v) is 12.3. The third kappa shape index (κ3) is 4.23. The Morgan fingerprint density at radius 3 is 2.58 bits per heavy atom. The zero-order chi connectivity index (χ0) is 13.7. The van der Waals surface area contributed by atoms with Gasteiger partial charge in [0.25, 0.3) is 0 Å². The van der Waals surface area contributed by atoms with E-state index in [1.807, 2.05) is 30.3 Å². The number of benzene rings is 2. The molecule has 0 aliphatic rings. The van der Waals surface area contributed by atoms with Gasteiger partial charge < -0.3 is 5.32 Å². The zero-order valence-electron chi connectivity index (χ0n) is 9.94. The molecule has 19 heavy (non-hydrogen) atoms. The van der Waals surface area contributed by atoms with Crippen LogP contribution in [0.25, 0.3) is 6.08 Å². The van der Waals surface area contributed by atoms with E-state index >= 15 is 0 Å². The number of hydrogen-bond donors (Lipinski definition) is 1. The first-order valence-electron chi connectivity index (χ1n) is 5.64. The molecule has 0 saturated carbocycles. The topological polar surface area (TPSA) is 29.1 Å². The van der Waals surface area contributed by atoms with Crippen LogP contribution < -0.4 is 5.32 Å². The molecule has 0 radical (unpaired) electrons. The summed E-state index contributed by atoms with van der Waals surface area (Å²) < 4.78 is 0.798. The number of carbonyl (C=O) groups excluding carboxylic acids is 1. The molecule has 0 bridgehead atoms. The molecule has 2 nitrogen and oxygen atoms in total. The minimum absolute atomic E-state index is 0.192. The Labute approximate surface area is 125 Å². The molecule has 0 saturated heterocycles. The molecule has 0 unspecified atom stereocenters. The highest BCUT2D eigenvalue weighted by molar-refractivity contribution is 9.10. The lowest BCUT2D eigenvalue weighted by molar-refractivity contribution is -0.111. The lowest BCUT2D eigenvalue weighted by atomic mass is 10.2. The van der Waals surface area contributed by atoms with Gasteiger partial charge in [-0.25, -0.2) is 0 Å². The minimum Gasteiger partial charge on any atom is -0.322 e. The van der Waals surface area contributed by atoms with Crippen LogP contribution in [0.2, 0.25) is 5.02 Å². The molecule has 0 heterocycles. The second kappa shape index (κ2) is 6.55. The average molecular weight is 337 g/mol. The van der Waals surface area contributed by atoms with E-state index in [4.69, 9.17) is 11.6 Å². The number of rotatable bonds is 3. The Hall–Kier alpha value is -1.58. The first-order chi connectivity index (χ1) is 9.15. The highest BCUT2D eigenvalue weighted by atomic mass is 79.9. The van der Waals surface area contributed by atoms with Crippen molar-refractivity contribution in [3.63, 3.8) is 0 Å². The first-order valence-corrected chi connectivity index (χ1v) is 6.81. The van der Waals surface area contributed by atoms with Crippen molar-refractivity contribution >= 4 is 45.2 Å². The van der Waals surface area contributed by atoms with Crippen molar-refractivity contribution in [3.8, 4) is 0 Å². The minimum atomic E-state index is -0.192. The molecule has 0 aliphatic carbocycles. The van der Waals surface area contributed by atoms with Gasteiger partial charge in [-0.15, -0.1) is 0 Å². The van der Waals surface area contributed by atoms with Crippen LogP contribution in [0, 0.1) is 0 Å². The fourth-order valence-electron chi connectivity index (χ4n) is 1.49. The monoisotopic (exact) mass is 335 g/mol. The molecule has 0 aliphatic heterocycles. The fraction of sp³-hybridized carbons (Fsp3) is 0. The summed E-state index contributed by atoms with van der Waals surface area (Å²) in [6.07, 6.45) is 3.25. The number of nitrogens with one attached hydrogen (secondary N) is 1. The van der Waals surface area contributed by atoms with Crippen LogP contribution in [0.3, 0.4) is 0 Å². The maximum absolute atomic E-state index is 11.7. The Bertz CT molecular complexity index is 611. The molecule has 0 fully saturated rings. The predicted molar refractivity (Wildman–Crippen MR) is 83.3 cm³/mol. The van der Waals surface area contributed by atoms with E-state index in [0.717, 1.165) is 10.0 Å². The summed E-state index contributed by atoms with van der Waals surface area (Å²) in [4.78, 5) is 11.7. The summed E-state index contributed by atoms with van der Waals surface area (Å²) in [5.41, 5.74) is 1.64. The van der Waals surface area contributed by atoms with Crippen molar-refractivity contribution in [2.45, 2.75) is 0 Å². The van der Waals surface area contributed by atoms with Gasteiger partial charge in [-0.3, -0.25) is 4.79 Å². The Morgan fingerprint density at radius 1 is 1.16 bits per heavy atom. The number of halogens is 2. The van der Waals surface area contributed by atoms with Gasteiger partial charge in [-0.2, -0.15) is 0 Å². The summed E-state index contributed by atoms with van der Waals surface area (Å²) in [6.45, 7) is 0. The molecule has 0 atom stereocenters. The van der Waals surface area contributed by atoms with Crippen LogP contribution in [-0.4, -0.2) is 5.91 Å². The van der Waals surface area contributed by atoms with Crippen molar-refractivity contribution < 1.29 is 4.79 Å². The molecule has 1 N–H and O–H groups in total. The lowest BCUT2D eigenvalue weighted by Gasteiger charge is -2.03. The number of amides is 1. The summed E-state index contributed by atoms with van der Waals surface area (Å²) >= 11 is 9.25. The molecule has 0 spiro atoms. The van der Waals surface area contributed by atoms with E-state index in [1.165, 1.54) is 6.08 Å². The molecule has 0 aromatic heterocycles. The van der Waals surface area contributed by atoms with Crippen LogP contribution in [0.5, 0.6) is 0 Å². The standard InChI is InChI=1S/C15H11BrClNO/c16-13-8-7-12(10-14(13)17)18-15(19)9-6-11-4-2-1-3-5-11/h1-10H,(H,18,19). The average Bonchev–Trinajstić information content (AvgIpc) is 2.42. The normalized spacial score (nSPS) is 10.6. The first kappa shape index (κ1) is 13.8. The van der Waals surface area contributed by atoms with Crippen LogP contribution >= 0.6 is 27.5 Å². The van der Waals surface area contributed by atoms with E-state index in [1.54, 1.807) is 24.3 Å². The fourth-order valence-corrected chi connectivity index (χ4v) is 1.92. The molecule has 2 aromatic rings. The second-order valence-corrected chi connectivity index (χ2v) is 5.12. The third-order valence-electron chi connectivity index (χ3n) is 2.41. The maximum Gasteiger partial charge on any atom is 0.248 e. The van der Waals surface area contributed by atoms with Crippen LogP contribution in [-0.2, 0) is 4.79 Å². The molecule has 1 amide bonds. The summed E-state index contributed by atoms with van der Waals surface area (Å²) in [5.74, 6) is -0.192. The van der Waals surface area contributed by atoms with Crippen LogP contribution in [0.4, 0.5) is 5.69 Å². The quantitative estimate of drug-likeness (QED) is 0.805. The van der Waals surface area contributed by atoms with E-state index in [0.29, 0.717) is 10.7 Å². The van der Waals surface area contributed by atoms with Crippen molar-refractivity contribution in [2.75, 3.05) is 5.32 Å². The predicted octanol–water partition coefficient (Wildman–Crippen LogP) is 4.75. The van der Waals surface area contributed by atoms with E-state index in [2.05, 4.69) is 21.2 Å². The smallest absolute Gasteiger partial charge is 0.248 e. The van der Waals surface area contributed by atoms with Gasteiger partial charge in [-0.1, -0.05) is 41.9 Å². The van der Waals surface area contributed by atoms with Gasteiger partial charge in [0.1, 0.15) is 0 Å². The summed E-state index contributed by atoms with van der Waals surface area (Å²) in [5, 5.41) is 3.31. The Morgan fingerprint density at radius 2 is 1.89 bits per heavy atom. The summed E-state index contributed by atoms with van der Waals surface area (Å²) in [6, 6.07) is 14.9. The SMILES string of the molecule is O=C(C=Cc1ccccc1)Nc1ccc(Br)c(Cl)c1. The van der Waals surface area contributed by atoms with Gasteiger partial charge in [0, 0.05) is 16.2 Å². The van der Waals surface area contributed by atoms with Gasteiger partial charge >= 0.3 is 0 Å². The summed E-state index contributed by atoms with van der Waals surface area (Å²) in [7, 11) is 0. The van der Waals surface area contributed by atoms with E-state index in [9.17, 15) is 4.79 Å². The van der Waals surface area contributed by atoms with E-state index < -0.39 is 0 Å². The Kier molecular flexibility index (Phi) is 4.77. The molecular weight excluding hydrogens is 326 g/mol. The lowest BCUT2D eigenvalue weighted by Crippen LogP contribution is -2.07. The number of hydrogen-bond acceptors (Lipinski definition) is 1.